The largest absolute Gasteiger partial charge is 0.388 e. The summed E-state index contributed by atoms with van der Waals surface area (Å²) in [6, 6.07) is 15.0. The Morgan fingerprint density at radius 1 is 1.00 bits per heavy atom. The van der Waals surface area contributed by atoms with E-state index in [4.69, 9.17) is 0 Å². The van der Waals surface area contributed by atoms with Crippen molar-refractivity contribution in [3.63, 3.8) is 0 Å². The van der Waals surface area contributed by atoms with Gasteiger partial charge >= 0.3 is 11.8 Å². The van der Waals surface area contributed by atoms with Crippen LogP contribution in [0.25, 0.3) is 0 Å². The lowest BCUT2D eigenvalue weighted by atomic mass is 10.1. The van der Waals surface area contributed by atoms with Gasteiger partial charge in [-0.1, -0.05) is 36.4 Å². The van der Waals surface area contributed by atoms with E-state index in [0.717, 1.165) is 24.8 Å². The summed E-state index contributed by atoms with van der Waals surface area (Å²) in [5, 5.41) is 15.2. The Balaban J connectivity index is 1.46. The van der Waals surface area contributed by atoms with E-state index in [-0.39, 0.29) is 6.54 Å². The van der Waals surface area contributed by atoms with E-state index in [9.17, 15) is 14.7 Å². The van der Waals surface area contributed by atoms with E-state index in [2.05, 4.69) is 10.6 Å². The fourth-order valence-electron chi connectivity index (χ4n) is 3.08. The number of nitrogens with one attached hydrogen (secondary N) is 2. The van der Waals surface area contributed by atoms with Gasteiger partial charge in [-0.3, -0.25) is 9.59 Å². The average Bonchev–Trinajstić information content (AvgIpc) is 3.10. The Hall–Kier alpha value is -2.66. The summed E-state index contributed by atoms with van der Waals surface area (Å²) in [4.78, 5) is 23.9. The Bertz CT molecular complexity index is 759. The molecule has 1 aliphatic rings. The predicted molar refractivity (Wildman–Crippen MR) is 96.1 cm³/mol. The minimum Gasteiger partial charge on any atom is -0.388 e. The van der Waals surface area contributed by atoms with Crippen LogP contribution >= 0.6 is 0 Å². The average molecular weight is 338 g/mol. The zero-order valence-corrected chi connectivity index (χ0v) is 14.0. The van der Waals surface area contributed by atoms with Gasteiger partial charge in [0.25, 0.3) is 0 Å². The first-order valence-electron chi connectivity index (χ1n) is 8.57. The molecule has 25 heavy (non-hydrogen) atoms. The SMILES string of the molecule is O=C(NCCC(O)c1ccccc1)C(=O)Nc1ccc2c(c1)CCC2. The van der Waals surface area contributed by atoms with E-state index < -0.39 is 17.9 Å². The number of aliphatic hydroxyl groups excluding tert-OH is 1. The molecule has 0 saturated carbocycles. The first-order chi connectivity index (χ1) is 12.1. The lowest BCUT2D eigenvalue weighted by Crippen LogP contribution is -2.36. The van der Waals surface area contributed by atoms with Crippen molar-refractivity contribution in [3.8, 4) is 0 Å². The van der Waals surface area contributed by atoms with Crippen molar-refractivity contribution in [3.05, 3.63) is 65.2 Å². The van der Waals surface area contributed by atoms with Crippen molar-refractivity contribution in [2.75, 3.05) is 11.9 Å². The summed E-state index contributed by atoms with van der Waals surface area (Å²) >= 11 is 0. The fourth-order valence-corrected chi connectivity index (χ4v) is 3.08. The summed E-state index contributed by atoms with van der Waals surface area (Å²) in [7, 11) is 0. The van der Waals surface area contributed by atoms with Crippen LogP contribution in [0.5, 0.6) is 0 Å². The van der Waals surface area contributed by atoms with Crippen LogP contribution in [0.15, 0.2) is 48.5 Å². The second kappa shape index (κ2) is 7.94. The van der Waals surface area contributed by atoms with Crippen LogP contribution in [-0.2, 0) is 22.4 Å². The van der Waals surface area contributed by atoms with Gasteiger partial charge in [0.1, 0.15) is 0 Å². The molecule has 2 amide bonds. The van der Waals surface area contributed by atoms with E-state index in [1.807, 2.05) is 48.5 Å². The molecule has 1 atom stereocenters. The molecule has 5 heteroatoms. The molecule has 0 saturated heterocycles. The van der Waals surface area contributed by atoms with E-state index in [1.54, 1.807) is 0 Å². The minimum atomic E-state index is -0.694. The molecule has 0 radical (unpaired) electrons. The van der Waals surface area contributed by atoms with Gasteiger partial charge in [-0.05, 0) is 54.5 Å². The number of rotatable bonds is 5. The first-order valence-corrected chi connectivity index (χ1v) is 8.57. The third-order valence-electron chi connectivity index (χ3n) is 4.45. The van der Waals surface area contributed by atoms with Crippen LogP contribution in [0.2, 0.25) is 0 Å². The van der Waals surface area contributed by atoms with Gasteiger partial charge in [0.2, 0.25) is 0 Å². The number of hydrogen-bond acceptors (Lipinski definition) is 3. The maximum Gasteiger partial charge on any atom is 0.313 e. The van der Waals surface area contributed by atoms with Gasteiger partial charge in [0.05, 0.1) is 6.10 Å². The molecular weight excluding hydrogens is 316 g/mol. The van der Waals surface area contributed by atoms with Crippen molar-refractivity contribution < 1.29 is 14.7 Å². The molecule has 5 nitrogen and oxygen atoms in total. The van der Waals surface area contributed by atoms with Crippen LogP contribution in [0.1, 0.15) is 35.6 Å². The lowest BCUT2D eigenvalue weighted by molar-refractivity contribution is -0.136. The van der Waals surface area contributed by atoms with Crippen LogP contribution < -0.4 is 10.6 Å². The molecule has 0 aromatic heterocycles. The van der Waals surface area contributed by atoms with Crippen LogP contribution in [0.3, 0.4) is 0 Å². The zero-order chi connectivity index (χ0) is 17.6. The fraction of sp³-hybridized carbons (Fsp3) is 0.300. The monoisotopic (exact) mass is 338 g/mol. The Morgan fingerprint density at radius 2 is 1.76 bits per heavy atom. The van der Waals surface area contributed by atoms with E-state index >= 15 is 0 Å². The summed E-state index contributed by atoms with van der Waals surface area (Å²) in [5.74, 6) is -1.38. The summed E-state index contributed by atoms with van der Waals surface area (Å²) in [6.07, 6.45) is 2.91. The van der Waals surface area contributed by atoms with Gasteiger partial charge in [0, 0.05) is 12.2 Å². The number of amides is 2. The quantitative estimate of drug-likeness (QED) is 0.732. The standard InChI is InChI=1S/C20H22N2O3/c23-18(15-5-2-1-3-6-15)11-12-21-19(24)20(25)22-17-10-9-14-7-4-8-16(14)13-17/h1-3,5-6,9-10,13,18,23H,4,7-8,11-12H2,(H,21,24)(H,22,25). The van der Waals surface area contributed by atoms with E-state index in [1.165, 1.54) is 11.1 Å². The van der Waals surface area contributed by atoms with Crippen LogP contribution in [0.4, 0.5) is 5.69 Å². The lowest BCUT2D eigenvalue weighted by Gasteiger charge is -2.12. The van der Waals surface area contributed by atoms with Crippen molar-refractivity contribution in [1.29, 1.82) is 0 Å². The van der Waals surface area contributed by atoms with Gasteiger partial charge in [-0.25, -0.2) is 0 Å². The van der Waals surface area contributed by atoms with Crippen molar-refractivity contribution in [2.24, 2.45) is 0 Å². The van der Waals surface area contributed by atoms with Crippen LogP contribution in [-0.4, -0.2) is 23.5 Å². The van der Waals surface area contributed by atoms with Crippen LogP contribution in [0, 0.1) is 0 Å². The molecular formula is C20H22N2O3. The molecule has 2 aromatic carbocycles. The van der Waals surface area contributed by atoms with E-state index in [0.29, 0.717) is 12.1 Å². The topological polar surface area (TPSA) is 78.4 Å². The van der Waals surface area contributed by atoms with Crippen molar-refractivity contribution in [1.82, 2.24) is 5.32 Å². The molecule has 1 aliphatic carbocycles. The highest BCUT2D eigenvalue weighted by Crippen LogP contribution is 2.24. The second-order valence-corrected chi connectivity index (χ2v) is 6.26. The number of anilines is 1. The van der Waals surface area contributed by atoms with Gasteiger partial charge in [-0.15, -0.1) is 0 Å². The summed E-state index contributed by atoms with van der Waals surface area (Å²) in [6.45, 7) is 0.229. The smallest absolute Gasteiger partial charge is 0.313 e. The molecule has 0 heterocycles. The summed E-state index contributed by atoms with van der Waals surface area (Å²) < 4.78 is 0. The number of aliphatic hydroxyl groups is 1. The third kappa shape index (κ3) is 4.45. The normalized spacial score (nSPS) is 13.8. The molecule has 0 bridgehead atoms. The Kier molecular flexibility index (Phi) is 5.46. The second-order valence-electron chi connectivity index (χ2n) is 6.26. The maximum absolute atomic E-state index is 12.0. The zero-order valence-electron chi connectivity index (χ0n) is 14.0. The molecule has 0 aliphatic heterocycles. The third-order valence-corrected chi connectivity index (χ3v) is 4.45. The number of carbonyl (C=O) groups is 2. The molecule has 130 valence electrons. The number of carbonyl (C=O) groups excluding carboxylic acids is 2. The molecule has 3 N–H and O–H groups in total. The number of benzene rings is 2. The van der Waals surface area contributed by atoms with Gasteiger partial charge in [-0.2, -0.15) is 0 Å². The Labute approximate surface area is 147 Å². The molecule has 3 rings (SSSR count). The minimum absolute atomic E-state index is 0.229. The summed E-state index contributed by atoms with van der Waals surface area (Å²) in [5.41, 5.74) is 3.99. The first kappa shape index (κ1) is 17.2. The maximum atomic E-state index is 12.0. The number of aryl methyl sites for hydroxylation is 2. The van der Waals surface area contributed by atoms with Gasteiger partial charge < -0.3 is 15.7 Å². The molecule has 0 spiro atoms. The number of fused-ring (bicyclic) bond motifs is 1. The van der Waals surface area contributed by atoms with Gasteiger partial charge in [0.15, 0.2) is 0 Å². The van der Waals surface area contributed by atoms with Crippen molar-refractivity contribution in [2.45, 2.75) is 31.8 Å². The predicted octanol–water partition coefficient (Wildman–Crippen LogP) is 2.35. The highest BCUT2D eigenvalue weighted by molar-refractivity contribution is 6.39. The molecule has 0 fully saturated rings. The van der Waals surface area contributed by atoms with Crippen molar-refractivity contribution >= 4 is 17.5 Å². The highest BCUT2D eigenvalue weighted by atomic mass is 16.3. The molecule has 1 unspecified atom stereocenters. The Morgan fingerprint density at radius 3 is 2.56 bits per heavy atom. The number of hydrogen-bond donors (Lipinski definition) is 3. The molecule has 2 aromatic rings. The highest BCUT2D eigenvalue weighted by Gasteiger charge is 2.16.